The monoisotopic (exact) mass is 265 g/mol. The van der Waals surface area contributed by atoms with Gasteiger partial charge >= 0.3 is 6.09 Å². The van der Waals surface area contributed by atoms with Gasteiger partial charge in [0, 0.05) is 11.3 Å². The van der Waals surface area contributed by atoms with E-state index in [1.807, 2.05) is 49.4 Å². The Bertz CT molecular complexity index is 642. The van der Waals surface area contributed by atoms with Gasteiger partial charge in [0.2, 0.25) is 0 Å². The summed E-state index contributed by atoms with van der Waals surface area (Å²) in [5.74, 6) is 2.53. The summed E-state index contributed by atoms with van der Waals surface area (Å²) in [6, 6.07) is 15.0. The van der Waals surface area contributed by atoms with Gasteiger partial charge in [-0.2, -0.15) is 0 Å². The van der Waals surface area contributed by atoms with E-state index >= 15 is 0 Å². The van der Waals surface area contributed by atoms with Gasteiger partial charge in [-0.15, -0.1) is 6.42 Å². The minimum atomic E-state index is -0.494. The molecule has 0 aliphatic rings. The highest BCUT2D eigenvalue weighted by Gasteiger charge is 2.06. The van der Waals surface area contributed by atoms with E-state index in [-0.39, 0.29) is 6.61 Å². The first kappa shape index (κ1) is 13.7. The molecule has 0 radical (unpaired) electrons. The zero-order valence-corrected chi connectivity index (χ0v) is 11.2. The Labute approximate surface area is 118 Å². The van der Waals surface area contributed by atoms with E-state index in [1.54, 1.807) is 6.07 Å². The lowest BCUT2D eigenvalue weighted by atomic mass is 10.1. The van der Waals surface area contributed by atoms with Crippen molar-refractivity contribution in [3.8, 4) is 12.3 Å². The number of benzene rings is 2. The molecule has 20 heavy (non-hydrogen) atoms. The lowest BCUT2D eigenvalue weighted by Crippen LogP contribution is -2.14. The van der Waals surface area contributed by atoms with Crippen LogP contribution in [0.25, 0.3) is 0 Å². The molecule has 100 valence electrons. The van der Waals surface area contributed by atoms with E-state index in [0.717, 1.165) is 11.1 Å². The van der Waals surface area contributed by atoms with E-state index in [4.69, 9.17) is 11.2 Å². The minimum absolute atomic E-state index is 0.237. The Morgan fingerprint density at radius 2 is 2.00 bits per heavy atom. The first-order chi connectivity index (χ1) is 9.69. The van der Waals surface area contributed by atoms with E-state index in [2.05, 4.69) is 11.2 Å². The molecular weight excluding hydrogens is 250 g/mol. The molecule has 0 fully saturated rings. The standard InChI is InChI=1S/C17H15NO2/c1-3-14-10-9-13(2)16(11-14)18-17(19)20-12-15-7-5-4-6-8-15/h1,4-11H,12H2,2H3,(H,18,19). The molecular formula is C17H15NO2. The largest absolute Gasteiger partial charge is 0.444 e. The molecule has 2 aromatic carbocycles. The Morgan fingerprint density at radius 1 is 1.25 bits per heavy atom. The third kappa shape index (κ3) is 3.63. The maximum atomic E-state index is 11.8. The Kier molecular flexibility index (Phi) is 4.41. The predicted octanol–water partition coefficient (Wildman–Crippen LogP) is 3.73. The molecule has 0 aliphatic carbocycles. The molecule has 0 heterocycles. The first-order valence-corrected chi connectivity index (χ1v) is 6.24. The summed E-state index contributed by atoms with van der Waals surface area (Å²) < 4.78 is 5.16. The number of nitrogens with one attached hydrogen (secondary N) is 1. The molecule has 2 rings (SSSR count). The van der Waals surface area contributed by atoms with E-state index in [9.17, 15) is 4.79 Å². The molecule has 1 N–H and O–H groups in total. The number of carbonyl (C=O) groups excluding carboxylic acids is 1. The van der Waals surface area contributed by atoms with Gasteiger partial charge in [0.15, 0.2) is 0 Å². The summed E-state index contributed by atoms with van der Waals surface area (Å²) in [6.45, 7) is 2.13. The third-order valence-electron chi connectivity index (χ3n) is 2.85. The number of terminal acetylenes is 1. The highest BCUT2D eigenvalue weighted by molar-refractivity contribution is 5.86. The second-order valence-electron chi connectivity index (χ2n) is 4.36. The van der Waals surface area contributed by atoms with E-state index in [0.29, 0.717) is 11.3 Å². The highest BCUT2D eigenvalue weighted by atomic mass is 16.5. The number of aryl methyl sites for hydroxylation is 1. The average Bonchev–Trinajstić information content (AvgIpc) is 2.48. The number of hydrogen-bond acceptors (Lipinski definition) is 2. The molecule has 3 nitrogen and oxygen atoms in total. The van der Waals surface area contributed by atoms with Gasteiger partial charge in [-0.3, -0.25) is 5.32 Å². The van der Waals surface area contributed by atoms with Crippen LogP contribution in [0.1, 0.15) is 16.7 Å². The fourth-order valence-electron chi connectivity index (χ4n) is 1.72. The SMILES string of the molecule is C#Cc1ccc(C)c(NC(=O)OCc2ccccc2)c1. The zero-order valence-electron chi connectivity index (χ0n) is 11.2. The molecule has 0 bridgehead atoms. The maximum absolute atomic E-state index is 11.8. The van der Waals surface area contributed by atoms with Gasteiger partial charge in [0.05, 0.1) is 0 Å². The lowest BCUT2D eigenvalue weighted by molar-refractivity contribution is 0.155. The van der Waals surface area contributed by atoms with Crippen LogP contribution in [0.5, 0.6) is 0 Å². The van der Waals surface area contributed by atoms with Crippen LogP contribution in [0.4, 0.5) is 10.5 Å². The van der Waals surface area contributed by atoms with Crippen molar-refractivity contribution in [2.24, 2.45) is 0 Å². The van der Waals surface area contributed by atoms with Gasteiger partial charge in [0.25, 0.3) is 0 Å². The second kappa shape index (κ2) is 6.44. The summed E-state index contributed by atoms with van der Waals surface area (Å²) in [5, 5.41) is 2.70. The number of rotatable bonds is 3. The molecule has 1 amide bonds. The Hall–Kier alpha value is -2.73. The molecule has 0 unspecified atom stereocenters. The number of anilines is 1. The Morgan fingerprint density at radius 3 is 2.70 bits per heavy atom. The lowest BCUT2D eigenvalue weighted by Gasteiger charge is -2.09. The van der Waals surface area contributed by atoms with E-state index < -0.39 is 6.09 Å². The number of carbonyl (C=O) groups is 1. The van der Waals surface area contributed by atoms with Gasteiger partial charge in [-0.05, 0) is 30.2 Å². The smallest absolute Gasteiger partial charge is 0.411 e. The molecule has 0 aliphatic heterocycles. The fourth-order valence-corrected chi connectivity index (χ4v) is 1.72. The quantitative estimate of drug-likeness (QED) is 0.859. The van der Waals surface area contributed by atoms with Crippen molar-refractivity contribution in [2.75, 3.05) is 5.32 Å². The predicted molar refractivity (Wildman–Crippen MR) is 79.4 cm³/mol. The van der Waals surface area contributed by atoms with Crippen LogP contribution in [-0.4, -0.2) is 6.09 Å². The van der Waals surface area contributed by atoms with Crippen LogP contribution < -0.4 is 5.32 Å². The topological polar surface area (TPSA) is 38.3 Å². The Balaban J connectivity index is 1.97. The molecule has 2 aromatic rings. The van der Waals surface area contributed by atoms with Crippen LogP contribution in [0.2, 0.25) is 0 Å². The van der Waals surface area contributed by atoms with E-state index in [1.165, 1.54) is 0 Å². The third-order valence-corrected chi connectivity index (χ3v) is 2.85. The van der Waals surface area contributed by atoms with Gasteiger partial charge < -0.3 is 4.74 Å². The highest BCUT2D eigenvalue weighted by Crippen LogP contribution is 2.16. The molecule has 0 atom stereocenters. The number of amides is 1. The van der Waals surface area contributed by atoms with Crippen LogP contribution in [0, 0.1) is 19.3 Å². The molecule has 0 saturated carbocycles. The first-order valence-electron chi connectivity index (χ1n) is 6.24. The van der Waals surface area contributed by atoms with Crippen LogP contribution in [0.15, 0.2) is 48.5 Å². The summed E-state index contributed by atoms with van der Waals surface area (Å²) in [5.41, 5.74) is 3.25. The van der Waals surface area contributed by atoms with Crippen molar-refractivity contribution >= 4 is 11.8 Å². The van der Waals surface area contributed by atoms with Crippen molar-refractivity contribution in [3.63, 3.8) is 0 Å². The summed E-state index contributed by atoms with van der Waals surface area (Å²) in [4.78, 5) is 11.8. The summed E-state index contributed by atoms with van der Waals surface area (Å²) >= 11 is 0. The average molecular weight is 265 g/mol. The van der Waals surface area contributed by atoms with Crippen molar-refractivity contribution in [1.82, 2.24) is 0 Å². The maximum Gasteiger partial charge on any atom is 0.411 e. The summed E-state index contributed by atoms with van der Waals surface area (Å²) in [6.07, 6.45) is 4.85. The van der Waals surface area contributed by atoms with Crippen molar-refractivity contribution in [3.05, 3.63) is 65.2 Å². The molecule has 3 heteroatoms. The normalized spacial score (nSPS) is 9.60. The van der Waals surface area contributed by atoms with Gasteiger partial charge in [-0.1, -0.05) is 42.3 Å². The van der Waals surface area contributed by atoms with Crippen LogP contribution in [0.3, 0.4) is 0 Å². The van der Waals surface area contributed by atoms with Crippen LogP contribution in [-0.2, 0) is 11.3 Å². The second-order valence-corrected chi connectivity index (χ2v) is 4.36. The number of hydrogen-bond donors (Lipinski definition) is 1. The van der Waals surface area contributed by atoms with Crippen LogP contribution >= 0.6 is 0 Å². The fraction of sp³-hybridized carbons (Fsp3) is 0.118. The number of ether oxygens (including phenoxy) is 1. The van der Waals surface area contributed by atoms with Gasteiger partial charge in [-0.25, -0.2) is 4.79 Å². The minimum Gasteiger partial charge on any atom is -0.444 e. The summed E-state index contributed by atoms with van der Waals surface area (Å²) in [7, 11) is 0. The zero-order chi connectivity index (χ0) is 14.4. The molecule has 0 aromatic heterocycles. The van der Waals surface area contributed by atoms with Crippen molar-refractivity contribution in [1.29, 1.82) is 0 Å². The van der Waals surface area contributed by atoms with Gasteiger partial charge in [0.1, 0.15) is 6.61 Å². The van der Waals surface area contributed by atoms with Crippen molar-refractivity contribution < 1.29 is 9.53 Å². The van der Waals surface area contributed by atoms with Crippen molar-refractivity contribution in [2.45, 2.75) is 13.5 Å². The molecule has 0 saturated heterocycles. The molecule has 0 spiro atoms.